The molecule has 0 saturated carbocycles. The maximum atomic E-state index is 10.7. The second-order valence-electron chi connectivity index (χ2n) is 2.95. The van der Waals surface area contributed by atoms with Crippen LogP contribution in [0.25, 0.3) is 0 Å². The van der Waals surface area contributed by atoms with E-state index in [1.165, 1.54) is 6.07 Å². The van der Waals surface area contributed by atoms with Gasteiger partial charge in [0.25, 0.3) is 5.69 Å². The van der Waals surface area contributed by atoms with Crippen molar-refractivity contribution in [2.75, 3.05) is 6.61 Å². The van der Waals surface area contributed by atoms with Gasteiger partial charge in [0.1, 0.15) is 0 Å². The molecule has 1 rings (SSSR count). The molecule has 1 aromatic carbocycles. The van der Waals surface area contributed by atoms with Crippen LogP contribution in [0.1, 0.15) is 11.1 Å². The van der Waals surface area contributed by atoms with Crippen LogP contribution in [0.15, 0.2) is 18.2 Å². The van der Waals surface area contributed by atoms with Crippen LogP contribution < -0.4 is 5.90 Å². The van der Waals surface area contributed by atoms with E-state index in [0.29, 0.717) is 12.0 Å². The van der Waals surface area contributed by atoms with E-state index in [1.54, 1.807) is 6.07 Å². The van der Waals surface area contributed by atoms with Gasteiger partial charge in [-0.15, -0.1) is 0 Å². The summed E-state index contributed by atoms with van der Waals surface area (Å²) in [5.74, 6) is 4.88. The molecule has 1 aromatic rings. The van der Waals surface area contributed by atoms with Crippen LogP contribution in [0, 0.1) is 17.0 Å². The third-order valence-electron chi connectivity index (χ3n) is 2.05. The largest absolute Gasteiger partial charge is 0.304 e. The molecule has 0 aliphatic carbocycles. The summed E-state index contributed by atoms with van der Waals surface area (Å²) in [6.45, 7) is 2.12. The minimum absolute atomic E-state index is 0.127. The average molecular weight is 196 g/mol. The van der Waals surface area contributed by atoms with Crippen LogP contribution in [0.4, 0.5) is 5.69 Å². The lowest BCUT2D eigenvalue weighted by Gasteiger charge is -2.05. The summed E-state index contributed by atoms with van der Waals surface area (Å²) in [4.78, 5) is 14.7. The zero-order chi connectivity index (χ0) is 10.6. The van der Waals surface area contributed by atoms with E-state index in [0.717, 1.165) is 5.56 Å². The number of aryl methyl sites for hydroxylation is 1. The van der Waals surface area contributed by atoms with E-state index >= 15 is 0 Å². The van der Waals surface area contributed by atoms with Gasteiger partial charge in [0.05, 0.1) is 11.5 Å². The maximum absolute atomic E-state index is 10.7. The molecule has 0 aliphatic rings. The molecule has 5 nitrogen and oxygen atoms in total. The van der Waals surface area contributed by atoms with Crippen LogP contribution in [0.3, 0.4) is 0 Å². The van der Waals surface area contributed by atoms with Crippen molar-refractivity contribution >= 4 is 5.69 Å². The van der Waals surface area contributed by atoms with Gasteiger partial charge in [-0.3, -0.25) is 10.1 Å². The molecule has 0 fully saturated rings. The standard InChI is InChI=1S/C9H12N2O3/c1-7-3-2-4-9(11(12)13)8(7)5-6-14-10/h2-4H,5-6,10H2,1H3. The van der Waals surface area contributed by atoms with Crippen LogP contribution in [0.5, 0.6) is 0 Å². The molecule has 76 valence electrons. The fraction of sp³-hybridized carbons (Fsp3) is 0.333. The Morgan fingerprint density at radius 2 is 2.29 bits per heavy atom. The minimum Gasteiger partial charge on any atom is -0.304 e. The quantitative estimate of drug-likeness (QED) is 0.582. The summed E-state index contributed by atoms with van der Waals surface area (Å²) >= 11 is 0. The fourth-order valence-electron chi connectivity index (χ4n) is 1.34. The molecule has 0 radical (unpaired) electrons. The van der Waals surface area contributed by atoms with Crippen molar-refractivity contribution in [3.63, 3.8) is 0 Å². The second-order valence-corrected chi connectivity index (χ2v) is 2.95. The molecule has 0 amide bonds. The number of nitro groups is 1. The number of benzene rings is 1. The average Bonchev–Trinajstić information content (AvgIpc) is 2.15. The van der Waals surface area contributed by atoms with E-state index < -0.39 is 4.92 Å². The van der Waals surface area contributed by atoms with Gasteiger partial charge in [0.2, 0.25) is 0 Å². The summed E-state index contributed by atoms with van der Waals surface area (Å²) < 4.78 is 0. The Hall–Kier alpha value is -1.46. The maximum Gasteiger partial charge on any atom is 0.272 e. The number of rotatable bonds is 4. The van der Waals surface area contributed by atoms with E-state index in [4.69, 9.17) is 5.90 Å². The smallest absolute Gasteiger partial charge is 0.272 e. The molecule has 0 unspecified atom stereocenters. The number of hydrogen-bond donors (Lipinski definition) is 1. The van der Waals surface area contributed by atoms with Gasteiger partial charge < -0.3 is 4.84 Å². The molecule has 0 aromatic heterocycles. The molecule has 0 spiro atoms. The van der Waals surface area contributed by atoms with Gasteiger partial charge in [0.15, 0.2) is 0 Å². The van der Waals surface area contributed by atoms with Gasteiger partial charge in [-0.05, 0) is 12.5 Å². The van der Waals surface area contributed by atoms with Crippen molar-refractivity contribution < 1.29 is 9.76 Å². The summed E-state index contributed by atoms with van der Waals surface area (Å²) in [5, 5.41) is 10.7. The Labute approximate surface area is 81.6 Å². The first-order chi connectivity index (χ1) is 6.66. The zero-order valence-electron chi connectivity index (χ0n) is 7.90. The van der Waals surface area contributed by atoms with Gasteiger partial charge in [0, 0.05) is 18.1 Å². The van der Waals surface area contributed by atoms with Crippen LogP contribution >= 0.6 is 0 Å². The Morgan fingerprint density at radius 3 is 2.86 bits per heavy atom. The molecule has 0 saturated heterocycles. The first-order valence-electron chi connectivity index (χ1n) is 4.21. The second kappa shape index (κ2) is 4.69. The zero-order valence-corrected chi connectivity index (χ0v) is 7.90. The van der Waals surface area contributed by atoms with Crippen LogP contribution in [-0.4, -0.2) is 11.5 Å². The molecule has 0 aliphatic heterocycles. The fourth-order valence-corrected chi connectivity index (χ4v) is 1.34. The Morgan fingerprint density at radius 1 is 1.57 bits per heavy atom. The highest BCUT2D eigenvalue weighted by molar-refractivity contribution is 5.45. The van der Waals surface area contributed by atoms with Crippen molar-refractivity contribution in [3.8, 4) is 0 Å². The van der Waals surface area contributed by atoms with Gasteiger partial charge >= 0.3 is 0 Å². The van der Waals surface area contributed by atoms with Crippen LogP contribution in [0.2, 0.25) is 0 Å². The molecular weight excluding hydrogens is 184 g/mol. The first kappa shape index (κ1) is 10.6. The summed E-state index contributed by atoms with van der Waals surface area (Å²) in [5.41, 5.74) is 1.70. The van der Waals surface area contributed by atoms with Crippen molar-refractivity contribution in [1.29, 1.82) is 0 Å². The summed E-state index contributed by atoms with van der Waals surface area (Å²) in [6.07, 6.45) is 0.458. The predicted octanol–water partition coefficient (Wildman–Crippen LogP) is 1.34. The summed E-state index contributed by atoms with van der Waals surface area (Å²) in [6, 6.07) is 4.98. The highest BCUT2D eigenvalue weighted by Gasteiger charge is 2.14. The molecule has 0 heterocycles. The Balaban J connectivity index is 3.02. The Bertz CT molecular complexity index is 339. The number of nitrogens with two attached hydrogens (primary N) is 1. The van der Waals surface area contributed by atoms with E-state index in [-0.39, 0.29) is 12.3 Å². The van der Waals surface area contributed by atoms with Crippen molar-refractivity contribution in [2.24, 2.45) is 5.90 Å². The van der Waals surface area contributed by atoms with Crippen molar-refractivity contribution in [3.05, 3.63) is 39.4 Å². The van der Waals surface area contributed by atoms with Crippen LogP contribution in [-0.2, 0) is 11.3 Å². The monoisotopic (exact) mass is 196 g/mol. The normalized spacial score (nSPS) is 10.1. The highest BCUT2D eigenvalue weighted by atomic mass is 16.6. The lowest BCUT2D eigenvalue weighted by Crippen LogP contribution is -2.06. The molecule has 0 atom stereocenters. The topological polar surface area (TPSA) is 78.4 Å². The third kappa shape index (κ3) is 2.27. The third-order valence-corrected chi connectivity index (χ3v) is 2.05. The molecule has 0 bridgehead atoms. The van der Waals surface area contributed by atoms with E-state index in [9.17, 15) is 10.1 Å². The molecule has 14 heavy (non-hydrogen) atoms. The van der Waals surface area contributed by atoms with Gasteiger partial charge in [-0.25, -0.2) is 5.90 Å². The highest BCUT2D eigenvalue weighted by Crippen LogP contribution is 2.21. The van der Waals surface area contributed by atoms with E-state index in [2.05, 4.69) is 4.84 Å². The van der Waals surface area contributed by atoms with Crippen molar-refractivity contribution in [1.82, 2.24) is 0 Å². The SMILES string of the molecule is Cc1cccc([N+](=O)[O-])c1CCON. The predicted molar refractivity (Wildman–Crippen MR) is 51.7 cm³/mol. The van der Waals surface area contributed by atoms with Gasteiger partial charge in [-0.2, -0.15) is 0 Å². The molecular formula is C9H12N2O3. The molecule has 5 heteroatoms. The minimum atomic E-state index is -0.390. The first-order valence-corrected chi connectivity index (χ1v) is 4.21. The molecule has 2 N–H and O–H groups in total. The van der Waals surface area contributed by atoms with E-state index in [1.807, 2.05) is 13.0 Å². The lowest BCUT2D eigenvalue weighted by atomic mass is 10.0. The summed E-state index contributed by atoms with van der Waals surface area (Å²) in [7, 11) is 0. The number of hydrogen-bond acceptors (Lipinski definition) is 4. The van der Waals surface area contributed by atoms with Gasteiger partial charge in [-0.1, -0.05) is 12.1 Å². The Kier molecular flexibility index (Phi) is 3.55. The number of nitro benzene ring substituents is 1. The van der Waals surface area contributed by atoms with Crippen molar-refractivity contribution in [2.45, 2.75) is 13.3 Å². The lowest BCUT2D eigenvalue weighted by molar-refractivity contribution is -0.385. The number of nitrogens with zero attached hydrogens (tertiary/aromatic N) is 1.